The van der Waals surface area contributed by atoms with Crippen LogP contribution >= 0.6 is 11.8 Å². The van der Waals surface area contributed by atoms with Crippen molar-refractivity contribution in [2.75, 3.05) is 19.1 Å². The van der Waals surface area contributed by atoms with Crippen molar-refractivity contribution in [1.29, 1.82) is 0 Å². The second-order valence-electron chi connectivity index (χ2n) is 3.36. The Morgan fingerprint density at radius 1 is 1.40 bits per heavy atom. The van der Waals surface area contributed by atoms with Crippen molar-refractivity contribution in [2.24, 2.45) is 0 Å². The van der Waals surface area contributed by atoms with Gasteiger partial charge in [-0.1, -0.05) is 12.1 Å². The fraction of sp³-hybridized carbons (Fsp3) is 0.455. The first-order valence-electron chi connectivity index (χ1n) is 4.78. The molecule has 1 nitrogen and oxygen atoms in total. The first-order chi connectivity index (χ1) is 7.19. The number of halogens is 2. The predicted molar refractivity (Wildman–Crippen MR) is 61.3 cm³/mol. The van der Waals surface area contributed by atoms with E-state index >= 15 is 0 Å². The van der Waals surface area contributed by atoms with Crippen LogP contribution in [-0.4, -0.2) is 25.1 Å². The molecule has 1 N–H and O–H groups in total. The van der Waals surface area contributed by atoms with Crippen LogP contribution in [0.4, 0.5) is 8.78 Å². The van der Waals surface area contributed by atoms with Crippen molar-refractivity contribution < 1.29 is 8.78 Å². The molecule has 0 saturated heterocycles. The Kier molecular flexibility index (Phi) is 5.05. The quantitative estimate of drug-likeness (QED) is 0.835. The van der Waals surface area contributed by atoms with Crippen LogP contribution in [0.1, 0.15) is 5.56 Å². The fourth-order valence-corrected chi connectivity index (χ4v) is 2.10. The lowest BCUT2D eigenvalue weighted by Gasteiger charge is -2.15. The molecule has 1 atom stereocenters. The van der Waals surface area contributed by atoms with Gasteiger partial charge in [0.05, 0.1) is 0 Å². The molecule has 1 aromatic carbocycles. The van der Waals surface area contributed by atoms with Crippen LogP contribution in [0.15, 0.2) is 18.2 Å². The highest BCUT2D eigenvalue weighted by Gasteiger charge is 2.12. The van der Waals surface area contributed by atoms with Gasteiger partial charge in [-0.15, -0.1) is 0 Å². The third-order valence-electron chi connectivity index (χ3n) is 2.27. The molecule has 1 rings (SSSR count). The summed E-state index contributed by atoms with van der Waals surface area (Å²) in [5.74, 6) is -0.614. The Bertz CT molecular complexity index is 317. The molecule has 4 heteroatoms. The van der Waals surface area contributed by atoms with Crippen molar-refractivity contribution >= 4 is 11.8 Å². The van der Waals surface area contributed by atoms with E-state index in [1.807, 2.05) is 13.3 Å². The van der Waals surface area contributed by atoms with Gasteiger partial charge in [-0.2, -0.15) is 11.8 Å². The molecule has 0 fully saturated rings. The first-order valence-corrected chi connectivity index (χ1v) is 6.17. The average molecular weight is 231 g/mol. The molecule has 0 saturated carbocycles. The predicted octanol–water partition coefficient (Wildman–Crippen LogP) is 2.46. The van der Waals surface area contributed by atoms with Gasteiger partial charge in [0, 0.05) is 11.8 Å². The smallest absolute Gasteiger partial charge is 0.162 e. The van der Waals surface area contributed by atoms with Crippen LogP contribution in [0.25, 0.3) is 0 Å². The zero-order chi connectivity index (χ0) is 11.3. The van der Waals surface area contributed by atoms with E-state index in [0.717, 1.165) is 11.8 Å². The number of thioether (sulfide) groups is 1. The minimum absolute atomic E-state index is 0.177. The van der Waals surface area contributed by atoms with Gasteiger partial charge in [0.2, 0.25) is 0 Å². The highest BCUT2D eigenvalue weighted by atomic mass is 32.2. The highest BCUT2D eigenvalue weighted by molar-refractivity contribution is 7.98. The Balaban J connectivity index is 2.74. The summed E-state index contributed by atoms with van der Waals surface area (Å²) in [6, 6.07) is 4.49. The Hall–Kier alpha value is -0.610. The van der Waals surface area contributed by atoms with Crippen molar-refractivity contribution in [1.82, 2.24) is 5.32 Å². The minimum Gasteiger partial charge on any atom is -0.316 e. The van der Waals surface area contributed by atoms with Gasteiger partial charge in [-0.05, 0) is 31.4 Å². The van der Waals surface area contributed by atoms with Gasteiger partial charge in [0.25, 0.3) is 0 Å². The highest BCUT2D eigenvalue weighted by Crippen LogP contribution is 2.14. The van der Waals surface area contributed by atoms with Crippen LogP contribution in [0.3, 0.4) is 0 Å². The summed E-state index contributed by atoms with van der Waals surface area (Å²) in [6.07, 6.45) is 2.51. The molecule has 1 aromatic rings. The number of hydrogen-bond donors (Lipinski definition) is 1. The summed E-state index contributed by atoms with van der Waals surface area (Å²) in [5, 5.41) is 3.09. The maximum absolute atomic E-state index is 13.3. The molecule has 84 valence electrons. The molecule has 0 aliphatic rings. The van der Waals surface area contributed by atoms with Gasteiger partial charge < -0.3 is 5.32 Å². The topological polar surface area (TPSA) is 12.0 Å². The van der Waals surface area contributed by atoms with E-state index in [-0.39, 0.29) is 6.04 Å². The van der Waals surface area contributed by atoms with Crippen LogP contribution in [0, 0.1) is 11.6 Å². The maximum atomic E-state index is 13.3. The van der Waals surface area contributed by atoms with Gasteiger partial charge >= 0.3 is 0 Å². The second-order valence-corrected chi connectivity index (χ2v) is 4.27. The van der Waals surface area contributed by atoms with Crippen LogP contribution in [0.2, 0.25) is 0 Å². The normalized spacial score (nSPS) is 12.8. The maximum Gasteiger partial charge on any atom is 0.162 e. The summed E-state index contributed by atoms with van der Waals surface area (Å²) in [5.41, 5.74) is 0.434. The van der Waals surface area contributed by atoms with Gasteiger partial charge in [0.15, 0.2) is 11.6 Å². The SMILES string of the molecule is CNC(CSC)Cc1cccc(F)c1F. The molecule has 0 bridgehead atoms. The second kappa shape index (κ2) is 6.08. The minimum atomic E-state index is -0.772. The van der Waals surface area contributed by atoms with E-state index in [1.54, 1.807) is 23.9 Å². The van der Waals surface area contributed by atoms with E-state index in [9.17, 15) is 8.78 Å². The molecular weight excluding hydrogens is 216 g/mol. The van der Waals surface area contributed by atoms with E-state index in [1.165, 1.54) is 0 Å². The molecule has 0 aromatic heterocycles. The van der Waals surface area contributed by atoms with Crippen molar-refractivity contribution in [3.63, 3.8) is 0 Å². The first kappa shape index (κ1) is 12.5. The zero-order valence-electron chi connectivity index (χ0n) is 8.89. The largest absolute Gasteiger partial charge is 0.316 e. The lowest BCUT2D eigenvalue weighted by Crippen LogP contribution is -2.30. The Labute approximate surface area is 93.3 Å². The molecule has 0 heterocycles. The third kappa shape index (κ3) is 3.47. The van der Waals surface area contributed by atoms with Gasteiger partial charge in [-0.25, -0.2) is 8.78 Å². The van der Waals surface area contributed by atoms with E-state index in [4.69, 9.17) is 0 Å². The van der Waals surface area contributed by atoms with Crippen molar-refractivity contribution in [2.45, 2.75) is 12.5 Å². The zero-order valence-corrected chi connectivity index (χ0v) is 9.70. The molecule has 15 heavy (non-hydrogen) atoms. The number of rotatable bonds is 5. The van der Waals surface area contributed by atoms with Crippen LogP contribution in [-0.2, 0) is 6.42 Å². The van der Waals surface area contributed by atoms with Gasteiger partial charge in [-0.3, -0.25) is 0 Å². The van der Waals surface area contributed by atoms with E-state index in [2.05, 4.69) is 5.32 Å². The van der Waals surface area contributed by atoms with Crippen molar-refractivity contribution in [3.8, 4) is 0 Å². The summed E-state index contributed by atoms with van der Waals surface area (Å²) in [6.45, 7) is 0. The van der Waals surface area contributed by atoms with Gasteiger partial charge in [0.1, 0.15) is 0 Å². The summed E-state index contributed by atoms with van der Waals surface area (Å²) in [4.78, 5) is 0. The van der Waals surface area contributed by atoms with E-state index < -0.39 is 11.6 Å². The number of nitrogens with one attached hydrogen (secondary N) is 1. The third-order valence-corrected chi connectivity index (χ3v) is 3.01. The molecule has 0 aliphatic heterocycles. The fourth-order valence-electron chi connectivity index (χ4n) is 1.42. The van der Waals surface area contributed by atoms with Crippen LogP contribution in [0.5, 0.6) is 0 Å². The summed E-state index contributed by atoms with van der Waals surface area (Å²) < 4.78 is 26.2. The number of hydrogen-bond acceptors (Lipinski definition) is 2. The molecule has 0 amide bonds. The Morgan fingerprint density at radius 3 is 2.73 bits per heavy atom. The monoisotopic (exact) mass is 231 g/mol. The lowest BCUT2D eigenvalue weighted by molar-refractivity contribution is 0.490. The molecular formula is C11H15F2NS. The Morgan fingerprint density at radius 2 is 2.13 bits per heavy atom. The van der Waals surface area contributed by atoms with E-state index in [0.29, 0.717) is 12.0 Å². The molecule has 0 aliphatic carbocycles. The number of benzene rings is 1. The summed E-state index contributed by atoms with van der Waals surface area (Å²) in [7, 11) is 1.83. The molecule has 0 spiro atoms. The standard InChI is InChI=1S/C11H15F2NS/c1-14-9(7-15-2)6-8-4-3-5-10(12)11(8)13/h3-5,9,14H,6-7H2,1-2H3. The molecule has 1 unspecified atom stereocenters. The van der Waals surface area contributed by atoms with Crippen molar-refractivity contribution in [3.05, 3.63) is 35.4 Å². The lowest BCUT2D eigenvalue weighted by atomic mass is 10.1. The number of likely N-dealkylation sites (N-methyl/N-ethyl adjacent to an activating group) is 1. The molecule has 0 radical (unpaired) electrons. The summed E-state index contributed by atoms with van der Waals surface area (Å²) >= 11 is 1.68. The average Bonchev–Trinajstić information content (AvgIpc) is 2.24. The van der Waals surface area contributed by atoms with Crippen LogP contribution < -0.4 is 5.32 Å².